The number of carbonyl (C=O) groups excluding carboxylic acids is 1. The molecule has 0 bridgehead atoms. The number of furan rings is 1. The summed E-state index contributed by atoms with van der Waals surface area (Å²) in [5.41, 5.74) is 5.75. The highest BCUT2D eigenvalue weighted by atomic mass is 19.1. The Morgan fingerprint density at radius 3 is 2.83 bits per heavy atom. The third-order valence-corrected chi connectivity index (χ3v) is 2.56. The summed E-state index contributed by atoms with van der Waals surface area (Å²) in [7, 11) is 1.64. The Hall–Kier alpha value is -2.30. The van der Waals surface area contributed by atoms with Gasteiger partial charge in [0.05, 0.1) is 18.5 Å². The first-order valence-electron chi connectivity index (χ1n) is 5.41. The zero-order chi connectivity index (χ0) is 13.1. The number of carbonyl (C=O) groups is 1. The van der Waals surface area contributed by atoms with Crippen LogP contribution in [-0.4, -0.2) is 17.9 Å². The third-order valence-electron chi connectivity index (χ3n) is 2.56. The summed E-state index contributed by atoms with van der Waals surface area (Å²) in [4.78, 5) is 13.5. The lowest BCUT2D eigenvalue weighted by Crippen LogP contribution is -2.26. The predicted octanol–water partition coefficient (Wildman–Crippen LogP) is 2.27. The second-order valence-corrected chi connectivity index (χ2v) is 3.98. The molecular formula is C13H13FN2O2. The highest BCUT2D eigenvalue weighted by molar-refractivity contribution is 5.94. The maximum atomic E-state index is 13.0. The molecule has 4 nitrogen and oxygen atoms in total. The fraction of sp³-hybridized carbons (Fsp3) is 0.154. The lowest BCUT2D eigenvalue weighted by atomic mass is 10.1. The maximum absolute atomic E-state index is 13.0. The monoisotopic (exact) mass is 248 g/mol. The molecule has 5 heteroatoms. The summed E-state index contributed by atoms with van der Waals surface area (Å²) in [5.74, 6) is -0.0840. The molecule has 0 aliphatic heterocycles. The van der Waals surface area contributed by atoms with Crippen molar-refractivity contribution in [2.75, 3.05) is 12.8 Å². The zero-order valence-corrected chi connectivity index (χ0v) is 9.89. The summed E-state index contributed by atoms with van der Waals surface area (Å²) < 4.78 is 18.2. The number of nitrogens with zero attached hydrogens (tertiary/aromatic N) is 1. The molecule has 2 N–H and O–H groups in total. The van der Waals surface area contributed by atoms with Gasteiger partial charge < -0.3 is 15.1 Å². The number of hydrogen-bond donors (Lipinski definition) is 1. The molecule has 0 atom stereocenters. The van der Waals surface area contributed by atoms with Gasteiger partial charge in [0.25, 0.3) is 5.91 Å². The molecule has 0 saturated heterocycles. The minimum absolute atomic E-state index is 0.0350. The molecule has 0 spiro atoms. The van der Waals surface area contributed by atoms with Gasteiger partial charge in [0.15, 0.2) is 0 Å². The van der Waals surface area contributed by atoms with Crippen molar-refractivity contribution in [1.29, 1.82) is 0 Å². The first-order chi connectivity index (χ1) is 8.58. The van der Waals surface area contributed by atoms with Gasteiger partial charge in [0.2, 0.25) is 0 Å². The Morgan fingerprint density at radius 1 is 1.44 bits per heavy atom. The topological polar surface area (TPSA) is 59.5 Å². The third kappa shape index (κ3) is 2.51. The number of amides is 1. The Balaban J connectivity index is 2.12. The quantitative estimate of drug-likeness (QED) is 0.848. The largest absolute Gasteiger partial charge is 0.467 e. The van der Waals surface area contributed by atoms with Crippen LogP contribution in [0.3, 0.4) is 0 Å². The Morgan fingerprint density at radius 2 is 2.22 bits per heavy atom. The summed E-state index contributed by atoms with van der Waals surface area (Å²) in [6.07, 6.45) is 1.55. The van der Waals surface area contributed by atoms with Gasteiger partial charge in [-0.05, 0) is 30.3 Å². The van der Waals surface area contributed by atoms with Crippen LogP contribution in [0.5, 0.6) is 0 Å². The van der Waals surface area contributed by atoms with Gasteiger partial charge in [0.1, 0.15) is 11.6 Å². The van der Waals surface area contributed by atoms with Crippen molar-refractivity contribution in [2.24, 2.45) is 0 Å². The van der Waals surface area contributed by atoms with E-state index >= 15 is 0 Å². The number of hydrogen-bond acceptors (Lipinski definition) is 3. The van der Waals surface area contributed by atoms with Crippen molar-refractivity contribution in [2.45, 2.75) is 6.54 Å². The Kier molecular flexibility index (Phi) is 3.32. The van der Waals surface area contributed by atoms with E-state index in [-0.39, 0.29) is 11.6 Å². The van der Waals surface area contributed by atoms with Gasteiger partial charge in [-0.25, -0.2) is 4.39 Å². The van der Waals surface area contributed by atoms with Crippen LogP contribution in [0.4, 0.5) is 10.1 Å². The summed E-state index contributed by atoms with van der Waals surface area (Å²) >= 11 is 0. The van der Waals surface area contributed by atoms with E-state index in [4.69, 9.17) is 10.2 Å². The molecule has 2 aromatic rings. The fourth-order valence-electron chi connectivity index (χ4n) is 1.61. The lowest BCUT2D eigenvalue weighted by Gasteiger charge is -2.16. The number of nitrogen functional groups attached to an aromatic ring is 1. The highest BCUT2D eigenvalue weighted by Crippen LogP contribution is 2.14. The maximum Gasteiger partial charge on any atom is 0.254 e. The molecule has 1 amide bonds. The van der Waals surface area contributed by atoms with Crippen molar-refractivity contribution < 1.29 is 13.6 Å². The molecule has 0 fully saturated rings. The van der Waals surface area contributed by atoms with E-state index in [9.17, 15) is 9.18 Å². The van der Waals surface area contributed by atoms with E-state index in [1.54, 1.807) is 25.4 Å². The van der Waals surface area contributed by atoms with Gasteiger partial charge in [-0.3, -0.25) is 4.79 Å². The molecule has 2 rings (SSSR count). The molecule has 1 aromatic carbocycles. The van der Waals surface area contributed by atoms with Crippen molar-refractivity contribution in [3.63, 3.8) is 0 Å². The fourth-order valence-corrected chi connectivity index (χ4v) is 1.61. The number of halogens is 1. The van der Waals surface area contributed by atoms with Gasteiger partial charge in [-0.2, -0.15) is 0 Å². The minimum atomic E-state index is -0.528. The average Bonchev–Trinajstić information content (AvgIpc) is 2.84. The van der Waals surface area contributed by atoms with Crippen LogP contribution >= 0.6 is 0 Å². The zero-order valence-electron chi connectivity index (χ0n) is 9.89. The van der Waals surface area contributed by atoms with Crippen LogP contribution < -0.4 is 5.73 Å². The Bertz CT molecular complexity index is 552. The van der Waals surface area contributed by atoms with Crippen LogP contribution in [0.15, 0.2) is 41.0 Å². The van der Waals surface area contributed by atoms with Gasteiger partial charge in [-0.1, -0.05) is 0 Å². The smallest absolute Gasteiger partial charge is 0.254 e. The summed E-state index contributed by atoms with van der Waals surface area (Å²) in [5, 5.41) is 0. The summed E-state index contributed by atoms with van der Waals surface area (Å²) in [6.45, 7) is 0.350. The molecule has 0 saturated carbocycles. The first-order valence-corrected chi connectivity index (χ1v) is 5.41. The van der Waals surface area contributed by atoms with Crippen molar-refractivity contribution in [3.8, 4) is 0 Å². The van der Waals surface area contributed by atoms with Gasteiger partial charge >= 0.3 is 0 Å². The molecule has 94 valence electrons. The van der Waals surface area contributed by atoms with E-state index < -0.39 is 5.82 Å². The van der Waals surface area contributed by atoms with Crippen LogP contribution in [0.25, 0.3) is 0 Å². The van der Waals surface area contributed by atoms with E-state index in [1.807, 2.05) is 0 Å². The molecule has 0 aliphatic carbocycles. The molecule has 1 aromatic heterocycles. The predicted molar refractivity (Wildman–Crippen MR) is 65.3 cm³/mol. The SMILES string of the molecule is CN(Cc1ccco1)C(=O)c1ccc(F)c(N)c1. The molecule has 18 heavy (non-hydrogen) atoms. The second kappa shape index (κ2) is 4.91. The summed E-state index contributed by atoms with van der Waals surface area (Å²) in [6, 6.07) is 7.46. The van der Waals surface area contributed by atoms with Gasteiger partial charge in [0, 0.05) is 12.6 Å². The number of anilines is 1. The molecule has 0 radical (unpaired) electrons. The van der Waals surface area contributed by atoms with Crippen molar-refractivity contribution in [3.05, 3.63) is 53.7 Å². The van der Waals surface area contributed by atoms with Crippen LogP contribution in [-0.2, 0) is 6.54 Å². The Labute approximate surface area is 104 Å². The first kappa shape index (κ1) is 12.2. The molecule has 0 aliphatic rings. The van der Waals surface area contributed by atoms with Crippen molar-refractivity contribution in [1.82, 2.24) is 4.90 Å². The normalized spacial score (nSPS) is 10.3. The van der Waals surface area contributed by atoms with Crippen LogP contribution in [0, 0.1) is 5.82 Å². The number of nitrogens with two attached hydrogens (primary N) is 1. The van der Waals surface area contributed by atoms with E-state index in [0.717, 1.165) is 0 Å². The molecule has 1 heterocycles. The second-order valence-electron chi connectivity index (χ2n) is 3.98. The van der Waals surface area contributed by atoms with E-state index in [2.05, 4.69) is 0 Å². The van der Waals surface area contributed by atoms with E-state index in [1.165, 1.54) is 23.1 Å². The van der Waals surface area contributed by atoms with Crippen molar-refractivity contribution >= 4 is 11.6 Å². The number of benzene rings is 1. The highest BCUT2D eigenvalue weighted by Gasteiger charge is 2.14. The average molecular weight is 248 g/mol. The van der Waals surface area contributed by atoms with Crippen LogP contribution in [0.1, 0.15) is 16.1 Å². The lowest BCUT2D eigenvalue weighted by molar-refractivity contribution is 0.0775. The van der Waals surface area contributed by atoms with Crippen LogP contribution in [0.2, 0.25) is 0 Å². The molecule has 0 unspecified atom stereocenters. The molecular weight excluding hydrogens is 235 g/mol. The standard InChI is InChI=1S/C13H13FN2O2/c1-16(8-10-3-2-6-18-10)13(17)9-4-5-11(14)12(15)7-9/h2-7H,8,15H2,1H3. The van der Waals surface area contributed by atoms with E-state index in [0.29, 0.717) is 17.9 Å². The van der Waals surface area contributed by atoms with Gasteiger partial charge in [-0.15, -0.1) is 0 Å². The number of rotatable bonds is 3. The minimum Gasteiger partial charge on any atom is -0.467 e.